The smallest absolute Gasteiger partial charge is 0.258 e. The third kappa shape index (κ3) is 4.99. The molecule has 3 aromatic rings. The maximum absolute atomic E-state index is 13.1. The van der Waals surface area contributed by atoms with Gasteiger partial charge in [0.1, 0.15) is 17.2 Å². The summed E-state index contributed by atoms with van der Waals surface area (Å²) in [6, 6.07) is 0. The third-order valence-corrected chi connectivity index (χ3v) is 7.63. The Morgan fingerprint density at radius 3 is 2.70 bits per heavy atom. The van der Waals surface area contributed by atoms with Gasteiger partial charge >= 0.3 is 0 Å². The summed E-state index contributed by atoms with van der Waals surface area (Å²) in [4.78, 5) is 24.1. The summed E-state index contributed by atoms with van der Waals surface area (Å²) < 4.78 is 11.5. The van der Waals surface area contributed by atoms with Crippen molar-refractivity contribution < 1.29 is 14.3 Å². The van der Waals surface area contributed by atoms with Crippen molar-refractivity contribution in [3.63, 3.8) is 0 Å². The zero-order valence-corrected chi connectivity index (χ0v) is 21.1. The Morgan fingerprint density at radius 2 is 1.97 bits per heavy atom. The first-order valence-electron chi connectivity index (χ1n) is 10.2. The Hall–Kier alpha value is -1.88. The van der Waals surface area contributed by atoms with E-state index >= 15 is 0 Å². The van der Waals surface area contributed by atoms with Gasteiger partial charge in [-0.2, -0.15) is 0 Å². The second-order valence-corrected chi connectivity index (χ2v) is 9.37. The number of fused-ring (bicyclic) bond motifs is 1. The molecule has 1 amide bonds. The molecule has 8 nitrogen and oxygen atoms in total. The summed E-state index contributed by atoms with van der Waals surface area (Å²) in [5, 5.41) is 8.56. The number of aromatic nitrogens is 2. The molecule has 0 radical (unpaired) electrons. The van der Waals surface area contributed by atoms with Gasteiger partial charge in [0, 0.05) is 31.6 Å². The van der Waals surface area contributed by atoms with Crippen LogP contribution in [0.15, 0.2) is 11.7 Å². The second-order valence-electron chi connectivity index (χ2n) is 7.36. The van der Waals surface area contributed by atoms with Gasteiger partial charge in [-0.3, -0.25) is 9.69 Å². The fourth-order valence-corrected chi connectivity index (χ4v) is 5.45. The monoisotopic (exact) mass is 529 g/mol. The summed E-state index contributed by atoms with van der Waals surface area (Å²) in [6.45, 7) is 6.68. The molecular formula is C21H22Cl3N5O3S. The van der Waals surface area contributed by atoms with Crippen molar-refractivity contribution in [3.8, 4) is 5.75 Å². The van der Waals surface area contributed by atoms with Gasteiger partial charge in [0.25, 0.3) is 5.91 Å². The second kappa shape index (κ2) is 10.6. The van der Waals surface area contributed by atoms with Crippen molar-refractivity contribution in [1.29, 1.82) is 0 Å². The molecule has 2 N–H and O–H groups in total. The molecule has 0 spiro atoms. The number of carbonyl (C=O) groups is 1. The molecule has 176 valence electrons. The van der Waals surface area contributed by atoms with Gasteiger partial charge in [0.15, 0.2) is 5.75 Å². The van der Waals surface area contributed by atoms with Crippen LogP contribution in [0.1, 0.15) is 15.9 Å². The molecular weight excluding hydrogens is 509 g/mol. The minimum absolute atomic E-state index is 0.131. The van der Waals surface area contributed by atoms with E-state index in [9.17, 15) is 4.79 Å². The number of anilines is 2. The summed E-state index contributed by atoms with van der Waals surface area (Å²) in [5.41, 5.74) is 1.73. The van der Waals surface area contributed by atoms with Gasteiger partial charge < -0.3 is 20.1 Å². The van der Waals surface area contributed by atoms with Crippen molar-refractivity contribution in [2.24, 2.45) is 0 Å². The number of nitrogens with zero attached hydrogens (tertiary/aromatic N) is 3. The Labute approximate surface area is 210 Å². The normalized spacial score (nSPS) is 14.5. The molecule has 1 aliphatic heterocycles. The highest BCUT2D eigenvalue weighted by Gasteiger charge is 2.23. The summed E-state index contributed by atoms with van der Waals surface area (Å²) in [7, 11) is 1.45. The number of benzene rings is 1. The van der Waals surface area contributed by atoms with Crippen molar-refractivity contribution in [1.82, 2.24) is 14.9 Å². The first-order valence-corrected chi connectivity index (χ1v) is 12.2. The maximum Gasteiger partial charge on any atom is 0.258 e. The van der Waals surface area contributed by atoms with Crippen molar-refractivity contribution in [2.45, 2.75) is 6.92 Å². The number of rotatable bonds is 7. The first kappa shape index (κ1) is 24.3. The van der Waals surface area contributed by atoms with Crippen LogP contribution in [0.3, 0.4) is 0 Å². The van der Waals surface area contributed by atoms with Crippen LogP contribution >= 0.6 is 46.1 Å². The summed E-state index contributed by atoms with van der Waals surface area (Å²) >= 11 is 20.5. The summed E-state index contributed by atoms with van der Waals surface area (Å²) in [6.07, 6.45) is 1.44. The van der Waals surface area contributed by atoms with Crippen molar-refractivity contribution in [2.75, 3.05) is 57.1 Å². The number of morpholine rings is 1. The molecule has 12 heteroatoms. The number of hydrogen-bond donors (Lipinski definition) is 2. The van der Waals surface area contributed by atoms with Gasteiger partial charge in [-0.25, -0.2) is 9.97 Å². The number of hydrogen-bond acceptors (Lipinski definition) is 8. The van der Waals surface area contributed by atoms with Crippen LogP contribution < -0.4 is 15.4 Å². The van der Waals surface area contributed by atoms with Gasteiger partial charge in [-0.1, -0.05) is 34.8 Å². The number of thiophene rings is 1. The molecule has 0 saturated carbocycles. The van der Waals surface area contributed by atoms with E-state index in [4.69, 9.17) is 44.3 Å². The van der Waals surface area contributed by atoms with Crippen molar-refractivity contribution in [3.05, 3.63) is 37.9 Å². The average molecular weight is 531 g/mol. The minimum atomic E-state index is -0.396. The van der Waals surface area contributed by atoms with Crippen LogP contribution in [0.2, 0.25) is 15.1 Å². The number of amides is 1. The molecule has 2 aromatic heterocycles. The van der Waals surface area contributed by atoms with Crippen LogP contribution in [-0.4, -0.2) is 67.3 Å². The Bertz CT molecular complexity index is 1180. The lowest BCUT2D eigenvalue weighted by Crippen LogP contribution is -2.39. The van der Waals surface area contributed by atoms with E-state index in [2.05, 4.69) is 25.5 Å². The van der Waals surface area contributed by atoms with Gasteiger partial charge in [-0.05, 0) is 12.5 Å². The summed E-state index contributed by atoms with van der Waals surface area (Å²) in [5.74, 6) is 0.545. The SMILES string of the molecule is COc1c(Cl)c(C)c(Cl)c(NC(=O)c2csc3c(NCCN4CCOCC4)ncnc23)c1Cl. The Balaban J connectivity index is 1.54. The van der Waals surface area contributed by atoms with Crippen LogP contribution in [0.25, 0.3) is 10.2 Å². The van der Waals surface area contributed by atoms with E-state index in [1.165, 1.54) is 24.8 Å². The Morgan fingerprint density at radius 1 is 1.21 bits per heavy atom. The zero-order valence-electron chi connectivity index (χ0n) is 18.0. The van der Waals surface area contributed by atoms with Crippen molar-refractivity contribution >= 4 is 73.8 Å². The molecule has 1 saturated heterocycles. The third-order valence-electron chi connectivity index (χ3n) is 5.36. The predicted octanol–water partition coefficient (Wildman–Crippen LogP) is 4.96. The number of nitrogens with one attached hydrogen (secondary N) is 2. The lowest BCUT2D eigenvalue weighted by molar-refractivity contribution is 0.0398. The number of halogens is 3. The standard InChI is InChI=1S/C21H22Cl3N5O3S/c1-11-13(22)17(15(24)18(31-2)14(11)23)28-21(30)12-9-33-19-16(12)26-10-27-20(19)25-3-4-29-5-7-32-8-6-29/h9-10H,3-8H2,1-2H3,(H,28,30)(H,25,26,27). The van der Waals surface area contributed by atoms with E-state index in [0.717, 1.165) is 44.1 Å². The Kier molecular flexibility index (Phi) is 7.78. The molecule has 33 heavy (non-hydrogen) atoms. The highest BCUT2D eigenvalue weighted by Crippen LogP contribution is 2.46. The molecule has 1 fully saturated rings. The molecule has 3 heterocycles. The highest BCUT2D eigenvalue weighted by atomic mass is 35.5. The number of carbonyl (C=O) groups excluding carboxylic acids is 1. The van der Waals surface area contributed by atoms with E-state index in [-0.39, 0.29) is 21.5 Å². The van der Waals surface area contributed by atoms with Crippen LogP contribution in [0, 0.1) is 6.92 Å². The first-order chi connectivity index (χ1) is 15.9. The van der Waals surface area contributed by atoms with E-state index in [0.29, 0.717) is 27.5 Å². The molecule has 1 aromatic carbocycles. The molecule has 0 unspecified atom stereocenters. The van der Waals surface area contributed by atoms with Crippen LogP contribution in [-0.2, 0) is 4.74 Å². The van der Waals surface area contributed by atoms with Gasteiger partial charge in [0.05, 0.1) is 51.8 Å². The largest absolute Gasteiger partial charge is 0.494 e. The zero-order chi connectivity index (χ0) is 23.5. The number of ether oxygens (including phenoxy) is 2. The van der Waals surface area contributed by atoms with E-state index in [1.54, 1.807) is 12.3 Å². The molecule has 4 rings (SSSR count). The predicted molar refractivity (Wildman–Crippen MR) is 134 cm³/mol. The maximum atomic E-state index is 13.1. The van der Waals surface area contributed by atoms with E-state index in [1.807, 2.05) is 0 Å². The highest BCUT2D eigenvalue weighted by molar-refractivity contribution is 7.18. The lowest BCUT2D eigenvalue weighted by atomic mass is 10.2. The minimum Gasteiger partial charge on any atom is -0.494 e. The van der Waals surface area contributed by atoms with Gasteiger partial charge in [-0.15, -0.1) is 11.3 Å². The molecule has 0 bridgehead atoms. The molecule has 0 aliphatic carbocycles. The lowest BCUT2D eigenvalue weighted by Gasteiger charge is -2.26. The van der Waals surface area contributed by atoms with Crippen LogP contribution in [0.4, 0.5) is 11.5 Å². The van der Waals surface area contributed by atoms with Gasteiger partial charge in [0.2, 0.25) is 0 Å². The number of methoxy groups -OCH3 is 1. The topological polar surface area (TPSA) is 88.6 Å². The van der Waals surface area contributed by atoms with E-state index < -0.39 is 5.91 Å². The fourth-order valence-electron chi connectivity index (χ4n) is 3.53. The molecule has 1 aliphatic rings. The fraction of sp³-hybridized carbons (Fsp3) is 0.381. The van der Waals surface area contributed by atoms with Crippen LogP contribution in [0.5, 0.6) is 5.75 Å². The molecule has 0 atom stereocenters. The average Bonchev–Trinajstić information content (AvgIpc) is 3.27. The quantitative estimate of drug-likeness (QED) is 0.446.